The number of aromatic nitrogens is 2. The molecule has 0 radical (unpaired) electrons. The summed E-state index contributed by atoms with van der Waals surface area (Å²) in [6, 6.07) is 3.18. The summed E-state index contributed by atoms with van der Waals surface area (Å²) in [4.78, 5) is 45.2. The Kier molecular flexibility index (Phi) is 10.6. The Hall–Kier alpha value is -3.47. The molecule has 0 bridgehead atoms. The molecule has 1 aromatic carbocycles. The van der Waals surface area contributed by atoms with Crippen LogP contribution in [0.4, 0.5) is 4.39 Å². The summed E-state index contributed by atoms with van der Waals surface area (Å²) in [6.07, 6.45) is -0.275. The molecular weight excluding hydrogens is 507 g/mol. The predicted molar refractivity (Wildman–Crippen MR) is 148 cm³/mol. The van der Waals surface area contributed by atoms with Crippen molar-refractivity contribution in [3.63, 3.8) is 0 Å². The zero-order valence-corrected chi connectivity index (χ0v) is 24.2. The fourth-order valence-corrected chi connectivity index (χ4v) is 3.68. The number of oxime groups is 1. The van der Waals surface area contributed by atoms with Crippen molar-refractivity contribution >= 4 is 11.6 Å². The van der Waals surface area contributed by atoms with Gasteiger partial charge < -0.3 is 20.0 Å². The van der Waals surface area contributed by atoms with Crippen molar-refractivity contribution in [3.05, 3.63) is 62.2 Å². The summed E-state index contributed by atoms with van der Waals surface area (Å²) in [5.41, 5.74) is -1.53. The molecule has 0 fully saturated rings. The van der Waals surface area contributed by atoms with Gasteiger partial charge in [-0.25, -0.2) is 9.18 Å². The third-order valence-corrected chi connectivity index (χ3v) is 6.13. The third kappa shape index (κ3) is 8.26. The lowest BCUT2D eigenvalue weighted by Gasteiger charge is -2.27. The summed E-state index contributed by atoms with van der Waals surface area (Å²) in [5, 5.41) is 17.9. The van der Waals surface area contributed by atoms with Crippen molar-refractivity contribution in [1.82, 2.24) is 14.5 Å². The van der Waals surface area contributed by atoms with Gasteiger partial charge >= 0.3 is 5.69 Å². The molecule has 216 valence electrons. The van der Waals surface area contributed by atoms with E-state index < -0.39 is 34.6 Å². The lowest BCUT2D eigenvalue weighted by atomic mass is 9.94. The van der Waals surface area contributed by atoms with Crippen LogP contribution in [0.25, 0.3) is 0 Å². The van der Waals surface area contributed by atoms with E-state index in [0.717, 1.165) is 10.6 Å². The highest BCUT2D eigenvalue weighted by atomic mass is 19.1. The highest BCUT2D eigenvalue weighted by molar-refractivity contribution is 5.97. The van der Waals surface area contributed by atoms with Gasteiger partial charge in [0.05, 0.1) is 31.5 Å². The molecule has 1 aromatic heterocycles. The van der Waals surface area contributed by atoms with Crippen molar-refractivity contribution in [3.8, 4) is 5.75 Å². The highest BCUT2D eigenvalue weighted by Crippen LogP contribution is 2.27. The summed E-state index contributed by atoms with van der Waals surface area (Å²) >= 11 is 0. The van der Waals surface area contributed by atoms with Gasteiger partial charge in [-0.15, -0.1) is 0 Å². The Balaban J connectivity index is 2.65. The number of benzene rings is 1. The van der Waals surface area contributed by atoms with E-state index in [1.807, 2.05) is 13.8 Å². The topological polar surface area (TPSA) is 124 Å². The number of carbonyl (C=O) groups excluding carboxylic acids is 1. The molecule has 2 rings (SSSR count). The minimum atomic E-state index is -1.34. The molecule has 1 unspecified atom stereocenters. The number of aliphatic hydroxyl groups is 1. The first-order valence-electron chi connectivity index (χ1n) is 12.9. The van der Waals surface area contributed by atoms with Crippen LogP contribution in [0, 0.1) is 17.2 Å². The Labute approximate surface area is 228 Å². The number of amides is 1. The van der Waals surface area contributed by atoms with E-state index in [4.69, 9.17) is 9.57 Å². The van der Waals surface area contributed by atoms with Crippen LogP contribution in [0.15, 0.2) is 39.1 Å². The Morgan fingerprint density at radius 1 is 1.15 bits per heavy atom. The second kappa shape index (κ2) is 13.1. The Morgan fingerprint density at radius 3 is 2.33 bits per heavy atom. The maximum absolute atomic E-state index is 14.0. The fraction of sp³-hybridized carbons (Fsp3) is 0.571. The van der Waals surface area contributed by atoms with Crippen LogP contribution < -0.4 is 21.3 Å². The molecule has 0 aliphatic heterocycles. The molecule has 2 aromatic rings. The molecule has 0 spiro atoms. The molecule has 10 nitrogen and oxygen atoms in total. The number of nitrogens with one attached hydrogen (secondary N) is 1. The second-order valence-electron chi connectivity index (χ2n) is 11.2. The molecule has 11 heteroatoms. The molecule has 39 heavy (non-hydrogen) atoms. The molecule has 0 saturated heterocycles. The third-order valence-electron chi connectivity index (χ3n) is 6.13. The summed E-state index contributed by atoms with van der Waals surface area (Å²) < 4.78 is 21.4. The summed E-state index contributed by atoms with van der Waals surface area (Å²) in [6.45, 7) is 13.8. The molecule has 0 aliphatic carbocycles. The van der Waals surface area contributed by atoms with Gasteiger partial charge in [-0.1, -0.05) is 39.8 Å². The van der Waals surface area contributed by atoms with E-state index in [2.05, 4.69) is 10.5 Å². The van der Waals surface area contributed by atoms with Gasteiger partial charge in [0.2, 0.25) is 5.91 Å². The van der Waals surface area contributed by atoms with Crippen LogP contribution in [-0.2, 0) is 22.7 Å². The standard InChI is InChI=1S/C28H41FN4O6/c1-16(2)22(30-26(36)28(6,7)8)14-33-25(35)21(18(5)31-39-17(3)4)13-32(27(33)37)15-23(34)20-12-19(29)10-11-24(20)38-9/h10-13,16-17,22-23,34H,14-15H2,1-9H3,(H,30,36)/b31-18+/t22-,23?/m1/s1. The molecule has 0 saturated carbocycles. The van der Waals surface area contributed by atoms with Gasteiger partial charge in [0.1, 0.15) is 23.8 Å². The average molecular weight is 549 g/mol. The average Bonchev–Trinajstić information content (AvgIpc) is 2.84. The predicted octanol–water partition coefficient (Wildman–Crippen LogP) is 3.23. The van der Waals surface area contributed by atoms with Crippen molar-refractivity contribution < 1.29 is 23.9 Å². The van der Waals surface area contributed by atoms with E-state index in [0.29, 0.717) is 0 Å². The number of nitrogens with zero attached hydrogens (tertiary/aromatic N) is 3. The molecule has 1 heterocycles. The van der Waals surface area contributed by atoms with Crippen molar-refractivity contribution in [2.75, 3.05) is 7.11 Å². The van der Waals surface area contributed by atoms with E-state index in [1.165, 1.54) is 30.0 Å². The highest BCUT2D eigenvalue weighted by Gasteiger charge is 2.27. The Morgan fingerprint density at radius 2 is 1.79 bits per heavy atom. The second-order valence-corrected chi connectivity index (χ2v) is 11.2. The normalized spacial score (nSPS) is 13.9. The Bertz CT molecular complexity index is 1310. The molecule has 2 N–H and O–H groups in total. The van der Waals surface area contributed by atoms with Gasteiger partial charge in [-0.2, -0.15) is 0 Å². The maximum Gasteiger partial charge on any atom is 0.331 e. The van der Waals surface area contributed by atoms with Crippen LogP contribution in [0.5, 0.6) is 5.75 Å². The number of hydrogen-bond acceptors (Lipinski definition) is 7. The van der Waals surface area contributed by atoms with Crippen molar-refractivity contribution in [1.29, 1.82) is 0 Å². The van der Waals surface area contributed by atoms with Gasteiger partial charge in [-0.3, -0.25) is 18.7 Å². The number of halogens is 1. The number of rotatable bonds is 11. The summed E-state index contributed by atoms with van der Waals surface area (Å²) in [5.74, 6) is -0.660. The number of ether oxygens (including phenoxy) is 1. The van der Waals surface area contributed by atoms with Crippen LogP contribution in [0.3, 0.4) is 0 Å². The van der Waals surface area contributed by atoms with Crippen LogP contribution >= 0.6 is 0 Å². The number of hydrogen-bond donors (Lipinski definition) is 2. The zero-order chi connectivity index (χ0) is 29.7. The molecular formula is C28H41FN4O6. The van der Waals surface area contributed by atoms with Gasteiger partial charge in [-0.05, 0) is 44.9 Å². The van der Waals surface area contributed by atoms with Crippen LogP contribution in [0.1, 0.15) is 72.6 Å². The quantitative estimate of drug-likeness (QED) is 0.328. The van der Waals surface area contributed by atoms with Crippen molar-refractivity contribution in [2.45, 2.75) is 86.7 Å². The van der Waals surface area contributed by atoms with Crippen LogP contribution in [-0.4, -0.2) is 45.1 Å². The minimum absolute atomic E-state index is 0.0818. The SMILES string of the molecule is COc1ccc(F)cc1C(O)Cn1cc(/C(C)=N/OC(C)C)c(=O)n(C[C@@H](NC(=O)C(C)(C)C)C(C)C)c1=O. The van der Waals surface area contributed by atoms with E-state index >= 15 is 0 Å². The smallest absolute Gasteiger partial charge is 0.331 e. The molecule has 1 amide bonds. The molecule has 2 atom stereocenters. The number of aliphatic hydroxyl groups excluding tert-OH is 1. The first kappa shape index (κ1) is 31.7. The van der Waals surface area contributed by atoms with E-state index in [9.17, 15) is 23.9 Å². The number of methoxy groups -OCH3 is 1. The lowest BCUT2D eigenvalue weighted by molar-refractivity contribution is -0.129. The summed E-state index contributed by atoms with van der Waals surface area (Å²) in [7, 11) is 1.39. The maximum atomic E-state index is 14.0. The van der Waals surface area contributed by atoms with Gasteiger partial charge in [0.15, 0.2) is 0 Å². The minimum Gasteiger partial charge on any atom is -0.496 e. The van der Waals surface area contributed by atoms with Crippen molar-refractivity contribution in [2.24, 2.45) is 16.5 Å². The monoisotopic (exact) mass is 548 g/mol. The largest absolute Gasteiger partial charge is 0.496 e. The first-order valence-corrected chi connectivity index (χ1v) is 12.9. The van der Waals surface area contributed by atoms with Gasteiger partial charge in [0, 0.05) is 23.2 Å². The number of carbonyl (C=O) groups is 1. The molecule has 0 aliphatic rings. The lowest BCUT2D eigenvalue weighted by Crippen LogP contribution is -2.51. The fourth-order valence-electron chi connectivity index (χ4n) is 3.68. The van der Waals surface area contributed by atoms with Crippen LogP contribution in [0.2, 0.25) is 0 Å². The van der Waals surface area contributed by atoms with E-state index in [1.54, 1.807) is 41.5 Å². The first-order chi connectivity index (χ1) is 18.1. The van der Waals surface area contributed by atoms with Gasteiger partial charge in [0.25, 0.3) is 5.56 Å². The van der Waals surface area contributed by atoms with E-state index in [-0.39, 0.29) is 53.6 Å². The zero-order valence-electron chi connectivity index (χ0n) is 24.2.